The number of benzene rings is 1. The highest BCUT2D eigenvalue weighted by molar-refractivity contribution is 5.78. The zero-order chi connectivity index (χ0) is 16.9. The molecule has 2 heterocycles. The third-order valence-electron chi connectivity index (χ3n) is 4.59. The van der Waals surface area contributed by atoms with Crippen LogP contribution in [0.2, 0.25) is 0 Å². The zero-order valence-corrected chi connectivity index (χ0v) is 14.3. The minimum absolute atomic E-state index is 0.0496. The largest absolute Gasteiger partial charge is 0.483 e. The summed E-state index contributed by atoms with van der Waals surface area (Å²) in [6, 6.07) is 9.80. The van der Waals surface area contributed by atoms with Crippen molar-refractivity contribution in [3.05, 3.63) is 53.5 Å². The summed E-state index contributed by atoms with van der Waals surface area (Å²) in [5, 5.41) is 0. The summed E-state index contributed by atoms with van der Waals surface area (Å²) in [6.45, 7) is 8.14. The topological polar surface area (TPSA) is 45.9 Å². The molecule has 1 aliphatic rings. The van der Waals surface area contributed by atoms with Gasteiger partial charge in [-0.1, -0.05) is 12.1 Å². The van der Waals surface area contributed by atoms with Gasteiger partial charge in [-0.05, 0) is 43.2 Å². The molecule has 1 saturated heterocycles. The molecular formula is C19H24N2O3. The number of carbonyl (C=O) groups excluding carboxylic acids is 1. The van der Waals surface area contributed by atoms with Gasteiger partial charge < -0.3 is 14.1 Å². The Labute approximate surface area is 142 Å². The van der Waals surface area contributed by atoms with Crippen molar-refractivity contribution < 1.29 is 13.9 Å². The first-order valence-electron chi connectivity index (χ1n) is 8.35. The van der Waals surface area contributed by atoms with Crippen LogP contribution in [0.5, 0.6) is 5.75 Å². The maximum atomic E-state index is 12.4. The van der Waals surface area contributed by atoms with Crippen LogP contribution in [-0.4, -0.2) is 48.5 Å². The molecule has 2 aromatic rings. The number of furan rings is 1. The van der Waals surface area contributed by atoms with Gasteiger partial charge in [0.1, 0.15) is 11.5 Å². The highest BCUT2D eigenvalue weighted by Gasteiger charge is 2.22. The number of hydrogen-bond donors (Lipinski definition) is 0. The quantitative estimate of drug-likeness (QED) is 0.846. The molecule has 0 radical (unpaired) electrons. The zero-order valence-electron chi connectivity index (χ0n) is 14.3. The number of aryl methyl sites for hydroxylation is 1. The van der Waals surface area contributed by atoms with E-state index in [1.54, 1.807) is 6.26 Å². The normalized spacial score (nSPS) is 15.5. The Morgan fingerprint density at radius 2 is 1.92 bits per heavy atom. The van der Waals surface area contributed by atoms with Crippen molar-refractivity contribution in [3.63, 3.8) is 0 Å². The first kappa shape index (κ1) is 16.6. The number of rotatable bonds is 5. The van der Waals surface area contributed by atoms with E-state index in [0.29, 0.717) is 0 Å². The third-order valence-corrected chi connectivity index (χ3v) is 4.59. The van der Waals surface area contributed by atoms with E-state index in [0.717, 1.165) is 49.8 Å². The van der Waals surface area contributed by atoms with Crippen LogP contribution in [0.15, 0.2) is 41.0 Å². The molecule has 3 rings (SSSR count). The third kappa shape index (κ3) is 3.97. The summed E-state index contributed by atoms with van der Waals surface area (Å²) >= 11 is 0. The maximum absolute atomic E-state index is 12.4. The highest BCUT2D eigenvalue weighted by atomic mass is 16.5. The lowest BCUT2D eigenvalue weighted by molar-refractivity contribution is -0.135. The second-order valence-corrected chi connectivity index (χ2v) is 6.22. The van der Waals surface area contributed by atoms with E-state index in [4.69, 9.17) is 9.15 Å². The fraction of sp³-hybridized carbons (Fsp3) is 0.421. The summed E-state index contributed by atoms with van der Waals surface area (Å²) in [7, 11) is 0. The maximum Gasteiger partial charge on any atom is 0.260 e. The molecule has 0 aliphatic carbocycles. The van der Waals surface area contributed by atoms with Crippen LogP contribution in [0.4, 0.5) is 0 Å². The van der Waals surface area contributed by atoms with E-state index in [-0.39, 0.29) is 12.5 Å². The lowest BCUT2D eigenvalue weighted by Crippen LogP contribution is -2.49. The molecule has 0 N–H and O–H groups in total. The molecule has 1 aliphatic heterocycles. The molecule has 128 valence electrons. The Morgan fingerprint density at radius 1 is 1.12 bits per heavy atom. The second-order valence-electron chi connectivity index (χ2n) is 6.22. The number of ether oxygens (including phenoxy) is 1. The molecule has 24 heavy (non-hydrogen) atoms. The Kier molecular flexibility index (Phi) is 5.20. The molecular weight excluding hydrogens is 304 g/mol. The Hall–Kier alpha value is -2.27. The van der Waals surface area contributed by atoms with Crippen LogP contribution < -0.4 is 4.74 Å². The van der Waals surface area contributed by atoms with E-state index in [1.165, 1.54) is 5.56 Å². The average Bonchev–Trinajstić information content (AvgIpc) is 3.09. The van der Waals surface area contributed by atoms with Gasteiger partial charge in [0.05, 0.1) is 12.8 Å². The number of hydrogen-bond acceptors (Lipinski definition) is 4. The van der Waals surface area contributed by atoms with Crippen molar-refractivity contribution in [3.8, 4) is 5.75 Å². The van der Waals surface area contributed by atoms with Crippen molar-refractivity contribution in [1.82, 2.24) is 9.80 Å². The fourth-order valence-corrected chi connectivity index (χ4v) is 2.89. The molecule has 0 unspecified atom stereocenters. The number of carbonyl (C=O) groups is 1. The molecule has 0 saturated carbocycles. The molecule has 5 nitrogen and oxygen atoms in total. The van der Waals surface area contributed by atoms with Gasteiger partial charge in [-0.25, -0.2) is 0 Å². The SMILES string of the molecule is Cc1cccc(OCC(=O)N2CCN(Cc3ccco3)CC2)c1C. The molecule has 1 aromatic carbocycles. The van der Waals surface area contributed by atoms with Crippen molar-refractivity contribution in [2.75, 3.05) is 32.8 Å². The van der Waals surface area contributed by atoms with Gasteiger partial charge in [0.15, 0.2) is 6.61 Å². The van der Waals surface area contributed by atoms with Crippen LogP contribution in [0.1, 0.15) is 16.9 Å². The van der Waals surface area contributed by atoms with Crippen LogP contribution in [0.3, 0.4) is 0 Å². The van der Waals surface area contributed by atoms with Gasteiger partial charge in [0.25, 0.3) is 5.91 Å². The van der Waals surface area contributed by atoms with Crippen LogP contribution in [0, 0.1) is 13.8 Å². The fourth-order valence-electron chi connectivity index (χ4n) is 2.89. The van der Waals surface area contributed by atoms with Crippen LogP contribution >= 0.6 is 0 Å². The van der Waals surface area contributed by atoms with Crippen molar-refractivity contribution in [2.24, 2.45) is 0 Å². The van der Waals surface area contributed by atoms with Gasteiger partial charge in [-0.15, -0.1) is 0 Å². The average molecular weight is 328 g/mol. The smallest absolute Gasteiger partial charge is 0.260 e. The van der Waals surface area contributed by atoms with Crippen LogP contribution in [-0.2, 0) is 11.3 Å². The van der Waals surface area contributed by atoms with Gasteiger partial charge >= 0.3 is 0 Å². The number of nitrogens with zero attached hydrogens (tertiary/aromatic N) is 2. The Balaban J connectivity index is 1.46. The first-order chi connectivity index (χ1) is 11.6. The lowest BCUT2D eigenvalue weighted by atomic mass is 10.1. The summed E-state index contributed by atoms with van der Waals surface area (Å²) in [5.41, 5.74) is 2.26. The summed E-state index contributed by atoms with van der Waals surface area (Å²) in [6.07, 6.45) is 1.69. The van der Waals surface area contributed by atoms with Crippen molar-refractivity contribution in [2.45, 2.75) is 20.4 Å². The van der Waals surface area contributed by atoms with E-state index < -0.39 is 0 Å². The minimum atomic E-state index is 0.0496. The molecule has 5 heteroatoms. The predicted octanol–water partition coefficient (Wildman–Crippen LogP) is 2.62. The van der Waals surface area contributed by atoms with Gasteiger partial charge in [0, 0.05) is 26.2 Å². The minimum Gasteiger partial charge on any atom is -0.483 e. The van der Waals surface area contributed by atoms with Gasteiger partial charge in [-0.2, -0.15) is 0 Å². The number of piperazine rings is 1. The monoisotopic (exact) mass is 328 g/mol. The molecule has 0 bridgehead atoms. The Bertz CT molecular complexity index is 674. The first-order valence-corrected chi connectivity index (χ1v) is 8.35. The highest BCUT2D eigenvalue weighted by Crippen LogP contribution is 2.20. The Morgan fingerprint density at radius 3 is 2.62 bits per heavy atom. The summed E-state index contributed by atoms with van der Waals surface area (Å²) in [5.74, 6) is 1.81. The predicted molar refractivity (Wildman–Crippen MR) is 92.0 cm³/mol. The van der Waals surface area contributed by atoms with Crippen LogP contribution in [0.25, 0.3) is 0 Å². The van der Waals surface area contributed by atoms with Crippen molar-refractivity contribution in [1.29, 1.82) is 0 Å². The standard InChI is InChI=1S/C19H24N2O3/c1-15-5-3-7-18(16(15)2)24-14-19(22)21-10-8-20(9-11-21)13-17-6-4-12-23-17/h3-7,12H,8-11,13-14H2,1-2H3. The van der Waals surface area contributed by atoms with Gasteiger partial charge in [0.2, 0.25) is 0 Å². The summed E-state index contributed by atoms with van der Waals surface area (Å²) in [4.78, 5) is 16.5. The van der Waals surface area contributed by atoms with E-state index in [2.05, 4.69) is 4.90 Å². The second kappa shape index (κ2) is 7.53. The van der Waals surface area contributed by atoms with E-state index in [9.17, 15) is 4.79 Å². The van der Waals surface area contributed by atoms with Gasteiger partial charge in [-0.3, -0.25) is 9.69 Å². The van der Waals surface area contributed by atoms with E-state index in [1.807, 2.05) is 49.1 Å². The molecule has 0 spiro atoms. The van der Waals surface area contributed by atoms with Crippen molar-refractivity contribution >= 4 is 5.91 Å². The molecule has 0 atom stereocenters. The molecule has 1 amide bonds. The van der Waals surface area contributed by atoms with E-state index >= 15 is 0 Å². The molecule has 1 aromatic heterocycles. The summed E-state index contributed by atoms with van der Waals surface area (Å²) < 4.78 is 11.1. The molecule has 1 fully saturated rings. The number of amides is 1. The lowest BCUT2D eigenvalue weighted by Gasteiger charge is -2.34.